The van der Waals surface area contributed by atoms with Crippen LogP contribution in [0.25, 0.3) is 0 Å². The van der Waals surface area contributed by atoms with E-state index in [2.05, 4.69) is 19.8 Å². The fourth-order valence-electron chi connectivity index (χ4n) is 1.28. The summed E-state index contributed by atoms with van der Waals surface area (Å²) in [4.78, 5) is 0. The normalized spacial score (nSPS) is 40.7. The van der Waals surface area contributed by atoms with Crippen LogP contribution in [0, 0.1) is 30.1 Å². The van der Waals surface area contributed by atoms with Gasteiger partial charge < -0.3 is 0 Å². The van der Waals surface area contributed by atoms with Crippen molar-refractivity contribution in [3.8, 4) is 12.3 Å². The molecule has 3 unspecified atom stereocenters. The topological polar surface area (TPSA) is 0 Å². The first-order valence-corrected chi connectivity index (χ1v) is 4.95. The van der Waals surface area contributed by atoms with Gasteiger partial charge in [-0.1, -0.05) is 13.8 Å². The molecule has 0 saturated carbocycles. The van der Waals surface area contributed by atoms with E-state index in [0.29, 0.717) is 5.92 Å². The molecule has 1 aliphatic rings. The molecule has 0 spiro atoms. The summed E-state index contributed by atoms with van der Waals surface area (Å²) < 4.78 is 0. The quantitative estimate of drug-likeness (QED) is 0.482. The molecule has 0 aromatic carbocycles. The average Bonchev–Trinajstić information content (AvgIpc) is 1.95. The molecular weight excluding hydrogens is 140 g/mol. The van der Waals surface area contributed by atoms with Crippen LogP contribution in [-0.2, 0) is 0 Å². The zero-order valence-corrected chi connectivity index (χ0v) is 7.45. The second-order valence-electron chi connectivity index (χ2n) is 3.15. The maximum atomic E-state index is 5.39. The van der Waals surface area contributed by atoms with Crippen molar-refractivity contribution >= 4 is 11.8 Å². The highest BCUT2D eigenvalue weighted by Crippen LogP contribution is 2.31. The van der Waals surface area contributed by atoms with E-state index in [1.54, 1.807) is 0 Å². The van der Waals surface area contributed by atoms with Crippen molar-refractivity contribution < 1.29 is 0 Å². The monoisotopic (exact) mass is 154 g/mol. The average molecular weight is 154 g/mol. The van der Waals surface area contributed by atoms with Crippen LogP contribution in [0.4, 0.5) is 0 Å². The van der Waals surface area contributed by atoms with E-state index >= 15 is 0 Å². The van der Waals surface area contributed by atoms with Crippen LogP contribution in [0.5, 0.6) is 0 Å². The standard InChI is InChI=1S/C9H14S/c1-4-9-6-10-5-7(2)8(9)3/h1,7-9H,5-6H2,2-3H3. The fraction of sp³-hybridized carbons (Fsp3) is 0.778. The second kappa shape index (κ2) is 3.34. The van der Waals surface area contributed by atoms with Crippen molar-refractivity contribution in [3.05, 3.63) is 0 Å². The minimum atomic E-state index is 0.522. The molecule has 0 aliphatic carbocycles. The predicted molar refractivity (Wildman–Crippen MR) is 48.0 cm³/mol. The summed E-state index contributed by atoms with van der Waals surface area (Å²) in [7, 11) is 0. The third kappa shape index (κ3) is 1.49. The Labute approximate surface area is 67.8 Å². The van der Waals surface area contributed by atoms with Crippen molar-refractivity contribution in [2.45, 2.75) is 13.8 Å². The summed E-state index contributed by atoms with van der Waals surface area (Å²) in [5.41, 5.74) is 0. The van der Waals surface area contributed by atoms with Gasteiger partial charge in [-0.2, -0.15) is 11.8 Å². The molecule has 0 aromatic heterocycles. The molecule has 0 nitrogen and oxygen atoms in total. The highest BCUT2D eigenvalue weighted by Gasteiger charge is 2.25. The molecule has 0 amide bonds. The summed E-state index contributed by atoms with van der Waals surface area (Å²) in [6.45, 7) is 4.57. The van der Waals surface area contributed by atoms with Crippen LogP contribution in [0.1, 0.15) is 13.8 Å². The van der Waals surface area contributed by atoms with Gasteiger partial charge in [-0.25, -0.2) is 0 Å². The lowest BCUT2D eigenvalue weighted by Gasteiger charge is -2.30. The predicted octanol–water partition coefficient (Wildman–Crippen LogP) is 2.25. The Morgan fingerprint density at radius 1 is 1.40 bits per heavy atom. The number of hydrogen-bond acceptors (Lipinski definition) is 1. The van der Waals surface area contributed by atoms with Crippen LogP contribution in [0.2, 0.25) is 0 Å². The summed E-state index contributed by atoms with van der Waals surface area (Å²) in [6, 6.07) is 0. The maximum absolute atomic E-state index is 5.39. The summed E-state index contributed by atoms with van der Waals surface area (Å²) in [5, 5.41) is 0. The molecule has 56 valence electrons. The van der Waals surface area contributed by atoms with Crippen molar-refractivity contribution in [2.24, 2.45) is 17.8 Å². The molecular formula is C9H14S. The number of thioether (sulfide) groups is 1. The molecule has 1 fully saturated rings. The fourth-order valence-corrected chi connectivity index (χ4v) is 2.75. The van der Waals surface area contributed by atoms with E-state index in [1.807, 2.05) is 11.8 Å². The van der Waals surface area contributed by atoms with Crippen LogP contribution < -0.4 is 0 Å². The summed E-state index contributed by atoms with van der Waals surface area (Å²) >= 11 is 2.00. The molecule has 0 bridgehead atoms. The van der Waals surface area contributed by atoms with Gasteiger partial charge in [-0.05, 0) is 17.6 Å². The Hall–Kier alpha value is -0.0900. The van der Waals surface area contributed by atoms with Gasteiger partial charge in [-0.3, -0.25) is 0 Å². The second-order valence-corrected chi connectivity index (χ2v) is 4.22. The summed E-state index contributed by atoms with van der Waals surface area (Å²) in [6.07, 6.45) is 5.39. The number of hydrogen-bond donors (Lipinski definition) is 0. The minimum absolute atomic E-state index is 0.522. The molecule has 0 N–H and O–H groups in total. The van der Waals surface area contributed by atoms with Gasteiger partial charge in [0.15, 0.2) is 0 Å². The van der Waals surface area contributed by atoms with Gasteiger partial charge in [0.05, 0.1) is 0 Å². The van der Waals surface area contributed by atoms with Gasteiger partial charge in [0, 0.05) is 11.7 Å². The number of terminal acetylenes is 1. The molecule has 3 atom stereocenters. The van der Waals surface area contributed by atoms with E-state index in [0.717, 1.165) is 11.8 Å². The summed E-state index contributed by atoms with van der Waals surface area (Å²) in [5.74, 6) is 7.38. The first kappa shape index (κ1) is 8.01. The van der Waals surface area contributed by atoms with Gasteiger partial charge in [-0.15, -0.1) is 12.3 Å². The SMILES string of the molecule is C#CC1CSCC(C)C1C. The maximum Gasteiger partial charge on any atom is 0.0319 e. The zero-order valence-electron chi connectivity index (χ0n) is 6.63. The lowest BCUT2D eigenvalue weighted by molar-refractivity contribution is 0.349. The van der Waals surface area contributed by atoms with E-state index < -0.39 is 0 Å². The van der Waals surface area contributed by atoms with Crippen LogP contribution in [0.15, 0.2) is 0 Å². The van der Waals surface area contributed by atoms with Crippen molar-refractivity contribution in [2.75, 3.05) is 11.5 Å². The van der Waals surface area contributed by atoms with Gasteiger partial charge in [0.1, 0.15) is 0 Å². The Morgan fingerprint density at radius 3 is 2.60 bits per heavy atom. The highest BCUT2D eigenvalue weighted by molar-refractivity contribution is 7.99. The molecule has 1 heterocycles. The molecule has 10 heavy (non-hydrogen) atoms. The van der Waals surface area contributed by atoms with Gasteiger partial charge in [0.2, 0.25) is 0 Å². The molecule has 1 aliphatic heterocycles. The largest absolute Gasteiger partial charge is 0.160 e. The first-order valence-electron chi connectivity index (χ1n) is 3.79. The van der Waals surface area contributed by atoms with E-state index in [9.17, 15) is 0 Å². The molecule has 1 heteroatoms. The van der Waals surface area contributed by atoms with Crippen LogP contribution in [0.3, 0.4) is 0 Å². The molecule has 1 rings (SSSR count). The van der Waals surface area contributed by atoms with Crippen molar-refractivity contribution in [3.63, 3.8) is 0 Å². The Bertz CT molecular complexity index is 145. The lowest BCUT2D eigenvalue weighted by atomic mass is 9.86. The van der Waals surface area contributed by atoms with Crippen LogP contribution >= 0.6 is 11.8 Å². The molecule has 0 aromatic rings. The Balaban J connectivity index is 2.53. The first-order chi connectivity index (χ1) is 4.75. The third-order valence-corrected chi connectivity index (χ3v) is 3.78. The Kier molecular flexibility index (Phi) is 2.68. The lowest BCUT2D eigenvalue weighted by Crippen LogP contribution is -2.26. The number of rotatable bonds is 0. The van der Waals surface area contributed by atoms with E-state index in [1.165, 1.54) is 11.5 Å². The molecule has 0 radical (unpaired) electrons. The van der Waals surface area contributed by atoms with Crippen molar-refractivity contribution in [1.82, 2.24) is 0 Å². The van der Waals surface area contributed by atoms with Crippen molar-refractivity contribution in [1.29, 1.82) is 0 Å². The highest BCUT2D eigenvalue weighted by atomic mass is 32.2. The van der Waals surface area contributed by atoms with Crippen LogP contribution in [-0.4, -0.2) is 11.5 Å². The third-order valence-electron chi connectivity index (χ3n) is 2.42. The van der Waals surface area contributed by atoms with Gasteiger partial charge >= 0.3 is 0 Å². The van der Waals surface area contributed by atoms with E-state index in [-0.39, 0.29) is 0 Å². The smallest absolute Gasteiger partial charge is 0.0319 e. The molecule has 1 saturated heterocycles. The van der Waals surface area contributed by atoms with Gasteiger partial charge in [0.25, 0.3) is 0 Å². The minimum Gasteiger partial charge on any atom is -0.160 e. The van der Waals surface area contributed by atoms with E-state index in [4.69, 9.17) is 6.42 Å². The Morgan fingerprint density at radius 2 is 2.10 bits per heavy atom. The zero-order chi connectivity index (χ0) is 7.56.